The molecule has 0 aromatic carbocycles. The molecule has 0 rings (SSSR count). The summed E-state index contributed by atoms with van der Waals surface area (Å²) in [6.07, 6.45) is 7.83. The van der Waals surface area contributed by atoms with Gasteiger partial charge in [0.25, 0.3) is 0 Å². The van der Waals surface area contributed by atoms with Gasteiger partial charge in [-0.15, -0.1) is 0 Å². The minimum absolute atomic E-state index is 0. The molecule has 0 aliphatic rings. The molecular weight excluding hydrogens is 228 g/mol. The van der Waals surface area contributed by atoms with Crippen molar-refractivity contribution in [1.82, 2.24) is 0 Å². The summed E-state index contributed by atoms with van der Waals surface area (Å²) in [4.78, 5) is 2.11. The number of allylic oxidation sites excluding steroid dienone is 1. The lowest BCUT2D eigenvalue weighted by Gasteiger charge is -2.03. The second-order valence-corrected chi connectivity index (χ2v) is 3.43. The number of halogens is 1. The maximum absolute atomic E-state index is 3.41. The number of hydrogen-bond donors (Lipinski definition) is 0. The monoisotopic (exact) mass is 250 g/mol. The molecule has 0 saturated carbocycles. The fourth-order valence-corrected chi connectivity index (χ4v) is 1.50. The summed E-state index contributed by atoms with van der Waals surface area (Å²) in [5, 5.41) is 0. The molecule has 0 nitrogen and oxygen atoms in total. The lowest BCUT2D eigenvalue weighted by molar-refractivity contribution is 0.715. The van der Waals surface area contributed by atoms with Crippen LogP contribution in [0.1, 0.15) is 52.4 Å². The van der Waals surface area contributed by atoms with Crippen LogP contribution >= 0.6 is 15.9 Å². The van der Waals surface area contributed by atoms with Gasteiger partial charge in [-0.25, -0.2) is 0 Å². The highest BCUT2D eigenvalue weighted by molar-refractivity contribution is 9.11. The number of unbranched alkanes of at least 4 members (excludes halogenated alkanes) is 2. The van der Waals surface area contributed by atoms with Crippen LogP contribution in [0.2, 0.25) is 0 Å². The summed E-state index contributed by atoms with van der Waals surface area (Å²) < 4.78 is 0. The van der Waals surface area contributed by atoms with Crippen LogP contribution in [0.25, 0.3) is 0 Å². The smallest absolute Gasteiger partial charge is 0.0149 e. The summed E-state index contributed by atoms with van der Waals surface area (Å²) in [7, 11) is 0. The molecular formula is C10H23BrSi. The Hall–Kier alpha value is 0.437. The van der Waals surface area contributed by atoms with E-state index in [1.165, 1.54) is 38.5 Å². The van der Waals surface area contributed by atoms with E-state index >= 15 is 0 Å². The third-order valence-electron chi connectivity index (χ3n) is 1.86. The molecule has 12 heavy (non-hydrogen) atoms. The van der Waals surface area contributed by atoms with Crippen molar-refractivity contribution in [3.8, 4) is 0 Å². The molecule has 0 amide bonds. The van der Waals surface area contributed by atoms with Gasteiger partial charge in [-0.3, -0.25) is 0 Å². The Labute approximate surface area is 90.0 Å². The van der Waals surface area contributed by atoms with Gasteiger partial charge < -0.3 is 0 Å². The normalized spacial score (nSPS) is 8.92. The molecule has 0 saturated heterocycles. The summed E-state index contributed by atoms with van der Waals surface area (Å²) in [5.41, 5.74) is 1.58. The molecule has 0 radical (unpaired) electrons. The first-order valence-corrected chi connectivity index (χ1v) is 5.54. The average Bonchev–Trinajstić information content (AvgIpc) is 2.05. The lowest BCUT2D eigenvalue weighted by atomic mass is 10.1. The highest BCUT2D eigenvalue weighted by Crippen LogP contribution is 2.16. The predicted molar refractivity (Wildman–Crippen MR) is 67.4 cm³/mol. The van der Waals surface area contributed by atoms with Crippen LogP contribution in [0.15, 0.2) is 10.6 Å². The van der Waals surface area contributed by atoms with Gasteiger partial charge in [0, 0.05) is 0 Å². The molecule has 0 bridgehead atoms. The molecule has 0 atom stereocenters. The van der Waals surface area contributed by atoms with Crippen LogP contribution in [0.4, 0.5) is 0 Å². The van der Waals surface area contributed by atoms with Crippen molar-refractivity contribution in [3.05, 3.63) is 10.6 Å². The molecule has 0 N–H and O–H groups in total. The van der Waals surface area contributed by atoms with Crippen molar-refractivity contribution in [2.45, 2.75) is 52.4 Å². The minimum atomic E-state index is 0. The first-order chi connectivity index (χ1) is 5.35. The highest BCUT2D eigenvalue weighted by atomic mass is 79.9. The van der Waals surface area contributed by atoms with E-state index in [0.717, 1.165) is 0 Å². The van der Waals surface area contributed by atoms with E-state index in [4.69, 9.17) is 0 Å². The second kappa shape index (κ2) is 11.4. The predicted octanol–water partition coefficient (Wildman–Crippen LogP) is 3.19. The number of hydrogen-bond acceptors (Lipinski definition) is 0. The Morgan fingerprint density at radius 2 is 1.50 bits per heavy atom. The van der Waals surface area contributed by atoms with Crippen molar-refractivity contribution in [3.63, 3.8) is 0 Å². The zero-order valence-corrected chi connectivity index (χ0v) is 9.28. The Morgan fingerprint density at radius 1 is 1.08 bits per heavy atom. The van der Waals surface area contributed by atoms with Gasteiger partial charge in [-0.05, 0) is 41.6 Å². The molecule has 2 heteroatoms. The van der Waals surface area contributed by atoms with Crippen molar-refractivity contribution >= 4 is 26.9 Å². The first kappa shape index (κ1) is 14.9. The Bertz CT molecular complexity index is 100. The Morgan fingerprint density at radius 3 is 1.75 bits per heavy atom. The third kappa shape index (κ3) is 8.53. The molecule has 0 fully saturated rings. The van der Waals surface area contributed by atoms with E-state index < -0.39 is 0 Å². The molecule has 0 aromatic heterocycles. The van der Waals surface area contributed by atoms with Gasteiger partial charge in [-0.2, -0.15) is 0 Å². The SMILES string of the molecule is CCCCC(=CBr)CCCC.[SiH4]. The molecule has 0 heterocycles. The molecule has 0 unspecified atom stereocenters. The fourth-order valence-electron chi connectivity index (χ4n) is 1.04. The van der Waals surface area contributed by atoms with E-state index in [1.807, 2.05) is 0 Å². The lowest BCUT2D eigenvalue weighted by Crippen LogP contribution is -1.83. The highest BCUT2D eigenvalue weighted by Gasteiger charge is 1.94. The van der Waals surface area contributed by atoms with Crippen LogP contribution in [0.5, 0.6) is 0 Å². The van der Waals surface area contributed by atoms with Gasteiger partial charge >= 0.3 is 0 Å². The molecule has 74 valence electrons. The third-order valence-corrected chi connectivity index (χ3v) is 2.50. The standard InChI is InChI=1S/C10H19Br.H4Si/c1-3-5-7-10(9-11)8-6-4-2;/h9H,3-8H2,1-2H3;1H4. The van der Waals surface area contributed by atoms with Crippen molar-refractivity contribution in [2.24, 2.45) is 0 Å². The zero-order chi connectivity index (χ0) is 8.53. The van der Waals surface area contributed by atoms with Crippen molar-refractivity contribution in [2.75, 3.05) is 0 Å². The molecule has 0 aliphatic heterocycles. The van der Waals surface area contributed by atoms with Crippen LogP contribution in [-0.2, 0) is 0 Å². The van der Waals surface area contributed by atoms with Gasteiger partial charge in [0.2, 0.25) is 0 Å². The molecule has 0 spiro atoms. The summed E-state index contributed by atoms with van der Waals surface area (Å²) >= 11 is 3.41. The van der Waals surface area contributed by atoms with E-state index in [2.05, 4.69) is 34.8 Å². The summed E-state index contributed by atoms with van der Waals surface area (Å²) in [6, 6.07) is 0. The Kier molecular flexibility index (Phi) is 14.2. The fraction of sp³-hybridized carbons (Fsp3) is 0.800. The van der Waals surface area contributed by atoms with Crippen molar-refractivity contribution in [1.29, 1.82) is 0 Å². The summed E-state index contributed by atoms with van der Waals surface area (Å²) in [5.74, 6) is 0. The quantitative estimate of drug-likeness (QED) is 0.636. The van der Waals surface area contributed by atoms with Gasteiger partial charge in [0.05, 0.1) is 0 Å². The van der Waals surface area contributed by atoms with Crippen LogP contribution in [-0.4, -0.2) is 11.0 Å². The van der Waals surface area contributed by atoms with E-state index in [9.17, 15) is 0 Å². The largest absolute Gasteiger partial charge is 0.0654 e. The van der Waals surface area contributed by atoms with Crippen LogP contribution in [0.3, 0.4) is 0 Å². The van der Waals surface area contributed by atoms with E-state index in [1.54, 1.807) is 5.57 Å². The van der Waals surface area contributed by atoms with Gasteiger partial charge in [0.1, 0.15) is 0 Å². The van der Waals surface area contributed by atoms with Crippen LogP contribution in [0, 0.1) is 0 Å². The van der Waals surface area contributed by atoms with Crippen LogP contribution < -0.4 is 0 Å². The van der Waals surface area contributed by atoms with E-state index in [-0.39, 0.29) is 11.0 Å². The summed E-state index contributed by atoms with van der Waals surface area (Å²) in [6.45, 7) is 4.48. The van der Waals surface area contributed by atoms with Gasteiger partial charge in [0.15, 0.2) is 0 Å². The van der Waals surface area contributed by atoms with Crippen molar-refractivity contribution < 1.29 is 0 Å². The molecule has 0 aliphatic carbocycles. The number of rotatable bonds is 6. The first-order valence-electron chi connectivity index (χ1n) is 4.63. The Balaban J connectivity index is 0. The maximum atomic E-state index is 3.41. The minimum Gasteiger partial charge on any atom is -0.0654 e. The molecule has 0 aromatic rings. The van der Waals surface area contributed by atoms with Gasteiger partial charge in [-0.1, -0.05) is 48.2 Å². The second-order valence-electron chi connectivity index (χ2n) is 2.97. The van der Waals surface area contributed by atoms with E-state index in [0.29, 0.717) is 0 Å². The zero-order valence-electron chi connectivity index (χ0n) is 7.70. The maximum Gasteiger partial charge on any atom is -0.0149 e. The topological polar surface area (TPSA) is 0 Å². The average molecular weight is 251 g/mol.